The van der Waals surface area contributed by atoms with Gasteiger partial charge in [-0.25, -0.2) is 0 Å². The zero-order valence-corrected chi connectivity index (χ0v) is 49.9. The fourth-order valence-corrected chi connectivity index (χ4v) is 10.2. The lowest BCUT2D eigenvalue weighted by molar-refractivity contribution is -0.151. The highest BCUT2D eigenvalue weighted by Gasteiger charge is 2.21. The van der Waals surface area contributed by atoms with Gasteiger partial charge in [-0.1, -0.05) is 156 Å². The van der Waals surface area contributed by atoms with E-state index in [2.05, 4.69) is 47.3 Å². The van der Waals surface area contributed by atoms with Gasteiger partial charge >= 0.3 is 23.9 Å². The third-order valence-corrected chi connectivity index (χ3v) is 15.1. The van der Waals surface area contributed by atoms with E-state index in [1.165, 1.54) is 128 Å². The maximum Gasteiger partial charge on any atom is 0.307 e. The Kier molecular flexibility index (Phi) is 46.2. The number of hydrogen-bond donors (Lipinski definition) is 0. The molecule has 74 heavy (non-hydrogen) atoms. The van der Waals surface area contributed by atoms with Crippen molar-refractivity contribution in [2.24, 2.45) is 0 Å². The van der Waals surface area contributed by atoms with Crippen LogP contribution in [-0.2, 0) is 38.1 Å². The Morgan fingerprint density at radius 3 is 0.770 bits per heavy atom. The summed E-state index contributed by atoms with van der Waals surface area (Å²) in [5.41, 5.74) is 0. The summed E-state index contributed by atoms with van der Waals surface area (Å²) in [5, 5.41) is 0. The number of carbonyl (C=O) groups is 4. The van der Waals surface area contributed by atoms with Crippen molar-refractivity contribution in [2.75, 3.05) is 78.5 Å². The van der Waals surface area contributed by atoms with Crippen molar-refractivity contribution in [3.63, 3.8) is 0 Å². The smallest absolute Gasteiger partial charge is 0.307 e. The Bertz CT molecular complexity index is 1150. The van der Waals surface area contributed by atoms with Crippen LogP contribution in [0.2, 0.25) is 0 Å². The highest BCUT2D eigenvalue weighted by molar-refractivity contribution is 5.71. The topological polar surface area (TPSA) is 118 Å². The largest absolute Gasteiger partial charge is 0.463 e. The van der Waals surface area contributed by atoms with Crippen LogP contribution in [0.25, 0.3) is 0 Å². The van der Waals surface area contributed by atoms with Gasteiger partial charge < -0.3 is 38.5 Å². The normalized spacial score (nSPS) is 15.1. The summed E-state index contributed by atoms with van der Waals surface area (Å²) < 4.78 is 23.3. The van der Waals surface area contributed by atoms with Gasteiger partial charge in [0.2, 0.25) is 0 Å². The maximum absolute atomic E-state index is 13.0. The Balaban J connectivity index is 2.68. The van der Waals surface area contributed by atoms with Crippen molar-refractivity contribution >= 4 is 23.9 Å². The lowest BCUT2D eigenvalue weighted by Gasteiger charge is -2.35. The summed E-state index contributed by atoms with van der Waals surface area (Å²) >= 11 is 0. The lowest BCUT2D eigenvalue weighted by atomic mass is 10.1. The minimum atomic E-state index is -0.152. The second-order valence-electron chi connectivity index (χ2n) is 22.5. The second-order valence-corrected chi connectivity index (χ2v) is 22.5. The molecule has 12 heteroatoms. The van der Waals surface area contributed by atoms with Gasteiger partial charge in [-0.3, -0.25) is 19.2 Å². The fraction of sp³-hybridized carbons (Fsp3) is 0.935. The summed E-state index contributed by atoms with van der Waals surface area (Å²) in [4.78, 5) is 61.5. The minimum absolute atomic E-state index is 0.0733. The summed E-state index contributed by atoms with van der Waals surface area (Å²) in [6, 6.07) is 0. The van der Waals surface area contributed by atoms with E-state index in [1.807, 2.05) is 27.7 Å². The molecular weight excluding hydrogens is 929 g/mol. The van der Waals surface area contributed by atoms with Crippen molar-refractivity contribution in [2.45, 2.75) is 298 Å². The number of unbranched alkanes of at least 4 members (excludes halogenated alkanes) is 20. The van der Waals surface area contributed by atoms with E-state index in [0.29, 0.717) is 51.9 Å². The predicted octanol–water partition coefficient (Wildman–Crippen LogP) is 14.3. The number of carbonyl (C=O) groups excluding carboxylic acids is 4. The molecule has 0 saturated carbocycles. The molecule has 0 aromatic rings. The molecule has 0 radical (unpaired) electrons. The molecule has 0 N–H and O–H groups in total. The first-order chi connectivity index (χ1) is 35.9. The first-order valence-corrected chi connectivity index (χ1v) is 31.6. The minimum Gasteiger partial charge on any atom is -0.463 e. The molecule has 0 aromatic heterocycles. The Labute approximate surface area is 456 Å². The van der Waals surface area contributed by atoms with E-state index < -0.39 is 0 Å². The average Bonchev–Trinajstić information content (AvgIpc) is 3.37. The van der Waals surface area contributed by atoms with E-state index >= 15 is 0 Å². The lowest BCUT2D eigenvalue weighted by Crippen LogP contribution is -2.47. The first-order valence-electron chi connectivity index (χ1n) is 31.6. The van der Waals surface area contributed by atoms with E-state index in [9.17, 15) is 19.2 Å². The molecule has 12 nitrogen and oxygen atoms in total. The molecule has 0 spiro atoms. The second kappa shape index (κ2) is 49.0. The quantitative estimate of drug-likeness (QED) is 0.0328. The van der Waals surface area contributed by atoms with Crippen molar-refractivity contribution in [3.8, 4) is 0 Å². The fourth-order valence-electron chi connectivity index (χ4n) is 10.2. The third kappa shape index (κ3) is 42.8. The van der Waals surface area contributed by atoms with Gasteiger partial charge in [-0.05, 0) is 118 Å². The number of hydrogen-bond acceptors (Lipinski definition) is 12. The Hall–Kier alpha value is -2.28. The number of ether oxygens (including phenoxy) is 4. The molecule has 436 valence electrons. The van der Waals surface area contributed by atoms with Gasteiger partial charge in [0.05, 0.1) is 50.1 Å². The monoisotopic (exact) mass is 1050 g/mol. The van der Waals surface area contributed by atoms with E-state index in [0.717, 1.165) is 117 Å². The van der Waals surface area contributed by atoms with Crippen LogP contribution in [0.1, 0.15) is 274 Å². The van der Waals surface area contributed by atoms with E-state index in [4.69, 9.17) is 18.9 Å². The van der Waals surface area contributed by atoms with Crippen LogP contribution in [-0.4, -0.2) is 146 Å². The highest BCUT2D eigenvalue weighted by Crippen LogP contribution is 2.16. The van der Waals surface area contributed by atoms with E-state index in [1.54, 1.807) is 0 Å². The molecule has 1 fully saturated rings. The van der Waals surface area contributed by atoms with Gasteiger partial charge in [-0.15, -0.1) is 0 Å². The maximum atomic E-state index is 13.0. The SMILES string of the molecule is CCCCCCCCC(C)OC(=O)CCN(CCCN1CCN(CCCN(CCC(=O)OC(C)CCCCCCCC)CCC(=O)OC(C)CCCCCCCC)CC1)CCC(=O)OC(C)CCCCCCCC. The summed E-state index contributed by atoms with van der Waals surface area (Å²) in [6.45, 7) is 26.9. The molecule has 4 atom stereocenters. The van der Waals surface area contributed by atoms with Gasteiger partial charge in [0.15, 0.2) is 0 Å². The van der Waals surface area contributed by atoms with Crippen LogP contribution in [0.3, 0.4) is 0 Å². The zero-order valence-electron chi connectivity index (χ0n) is 49.9. The molecule has 1 aliphatic heterocycles. The number of esters is 4. The van der Waals surface area contributed by atoms with Crippen LogP contribution in [0.5, 0.6) is 0 Å². The summed E-state index contributed by atoms with van der Waals surface area (Å²) in [7, 11) is 0. The Morgan fingerprint density at radius 1 is 0.324 bits per heavy atom. The van der Waals surface area contributed by atoms with Gasteiger partial charge in [0.25, 0.3) is 0 Å². The molecule has 1 saturated heterocycles. The van der Waals surface area contributed by atoms with Crippen LogP contribution < -0.4 is 0 Å². The number of rotatable bonds is 52. The molecule has 1 rings (SSSR count). The molecule has 0 bridgehead atoms. The van der Waals surface area contributed by atoms with Crippen molar-refractivity contribution in [1.82, 2.24) is 19.6 Å². The standard InChI is InChI=1S/C62H120N4O8/c1-9-13-17-21-25-29-35-55(5)71-59(67)39-47-63(48-40-60(68)72-56(6)36-30-26-22-18-14-10-2)43-33-45-65-51-53-66(54-52-65)46-34-44-64(49-41-61(69)73-57(7)37-31-27-23-19-15-11-3)50-42-62(70)74-58(8)38-32-28-24-20-16-12-4/h55-58H,9-54H2,1-8H3. The average molecular weight is 1050 g/mol. The molecule has 0 amide bonds. The molecular formula is C62H120N4O8. The molecule has 1 heterocycles. The summed E-state index contributed by atoms with van der Waals surface area (Å²) in [6.07, 6.45) is 35.9. The van der Waals surface area contributed by atoms with Gasteiger partial charge in [-0.2, -0.15) is 0 Å². The van der Waals surface area contributed by atoms with Crippen LogP contribution >= 0.6 is 0 Å². The number of nitrogens with zero attached hydrogens (tertiary/aromatic N) is 4. The first kappa shape index (κ1) is 69.7. The molecule has 0 aliphatic carbocycles. The van der Waals surface area contributed by atoms with Gasteiger partial charge in [0, 0.05) is 52.4 Å². The van der Waals surface area contributed by atoms with Crippen molar-refractivity contribution < 1.29 is 38.1 Å². The number of piperazine rings is 1. The van der Waals surface area contributed by atoms with Crippen molar-refractivity contribution in [3.05, 3.63) is 0 Å². The van der Waals surface area contributed by atoms with Crippen LogP contribution in [0.15, 0.2) is 0 Å². The predicted molar refractivity (Wildman–Crippen MR) is 308 cm³/mol. The zero-order chi connectivity index (χ0) is 54.3. The molecule has 1 aliphatic rings. The van der Waals surface area contributed by atoms with Gasteiger partial charge in [0.1, 0.15) is 0 Å². The molecule has 4 unspecified atom stereocenters. The van der Waals surface area contributed by atoms with Crippen molar-refractivity contribution in [1.29, 1.82) is 0 Å². The molecule has 0 aromatic carbocycles. The van der Waals surface area contributed by atoms with Crippen LogP contribution in [0, 0.1) is 0 Å². The van der Waals surface area contributed by atoms with E-state index in [-0.39, 0.29) is 48.3 Å². The third-order valence-electron chi connectivity index (χ3n) is 15.1. The van der Waals surface area contributed by atoms with Crippen LogP contribution in [0.4, 0.5) is 0 Å². The Morgan fingerprint density at radius 2 is 0.541 bits per heavy atom. The summed E-state index contributed by atoms with van der Waals surface area (Å²) in [5.74, 6) is -0.610. The highest BCUT2D eigenvalue weighted by atomic mass is 16.6.